The molecule has 0 spiro atoms. The Labute approximate surface area is 111 Å². The van der Waals surface area contributed by atoms with Crippen molar-refractivity contribution >= 4 is 11.7 Å². The minimum atomic E-state index is -1.05. The molecule has 106 valence electrons. The summed E-state index contributed by atoms with van der Waals surface area (Å²) in [5.41, 5.74) is 5.30. The van der Waals surface area contributed by atoms with Crippen LogP contribution >= 0.6 is 0 Å². The monoisotopic (exact) mass is 268 g/mol. The van der Waals surface area contributed by atoms with Crippen LogP contribution in [0.25, 0.3) is 0 Å². The van der Waals surface area contributed by atoms with Crippen molar-refractivity contribution < 1.29 is 14.4 Å². The number of oxime groups is 1. The molecule has 1 rings (SSSR count). The highest BCUT2D eigenvalue weighted by Gasteiger charge is 2.36. The van der Waals surface area contributed by atoms with Gasteiger partial charge in [0.1, 0.15) is 11.2 Å². The largest absolute Gasteiger partial charge is 0.444 e. The van der Waals surface area contributed by atoms with Gasteiger partial charge in [-0.1, -0.05) is 12.1 Å². The van der Waals surface area contributed by atoms with Crippen molar-refractivity contribution in [2.75, 3.05) is 0 Å². The standard InChI is InChI=1S/C12H20N4O3/c1-5-12(4,10(13)16-18)11(17)14-6-9-15-7(2)8(3)19-9/h18H,5-6H2,1-4H3,(H2,13,16)(H,14,17). The molecule has 4 N–H and O–H groups in total. The van der Waals surface area contributed by atoms with Crippen molar-refractivity contribution in [1.82, 2.24) is 10.3 Å². The number of hydrogen-bond acceptors (Lipinski definition) is 5. The third-order valence-corrected chi connectivity index (χ3v) is 3.35. The Morgan fingerprint density at radius 3 is 2.63 bits per heavy atom. The Morgan fingerprint density at radius 1 is 1.58 bits per heavy atom. The first-order valence-corrected chi connectivity index (χ1v) is 6.04. The van der Waals surface area contributed by atoms with Gasteiger partial charge in [0.05, 0.1) is 12.2 Å². The Morgan fingerprint density at radius 2 is 2.21 bits per heavy atom. The maximum Gasteiger partial charge on any atom is 0.234 e. The van der Waals surface area contributed by atoms with E-state index in [1.165, 1.54) is 0 Å². The van der Waals surface area contributed by atoms with E-state index in [1.807, 2.05) is 6.92 Å². The van der Waals surface area contributed by atoms with Crippen molar-refractivity contribution in [2.24, 2.45) is 16.3 Å². The van der Waals surface area contributed by atoms with E-state index < -0.39 is 5.41 Å². The van der Waals surface area contributed by atoms with Gasteiger partial charge in [-0.05, 0) is 27.2 Å². The molecular formula is C12H20N4O3. The van der Waals surface area contributed by atoms with Crippen LogP contribution in [0.5, 0.6) is 0 Å². The fourth-order valence-corrected chi connectivity index (χ4v) is 1.53. The molecule has 1 heterocycles. The van der Waals surface area contributed by atoms with E-state index >= 15 is 0 Å². The molecule has 0 radical (unpaired) electrons. The van der Waals surface area contributed by atoms with Crippen LogP contribution < -0.4 is 11.1 Å². The number of nitrogens with one attached hydrogen (secondary N) is 1. The minimum Gasteiger partial charge on any atom is -0.444 e. The maximum absolute atomic E-state index is 12.1. The summed E-state index contributed by atoms with van der Waals surface area (Å²) in [5.74, 6) is 0.700. The predicted molar refractivity (Wildman–Crippen MR) is 69.6 cm³/mol. The quantitative estimate of drug-likeness (QED) is 0.320. The molecule has 0 bridgehead atoms. The second-order valence-electron chi connectivity index (χ2n) is 4.60. The highest BCUT2D eigenvalue weighted by atomic mass is 16.4. The Kier molecular flexibility index (Phi) is 4.52. The summed E-state index contributed by atoms with van der Waals surface area (Å²) in [7, 11) is 0. The summed E-state index contributed by atoms with van der Waals surface area (Å²) < 4.78 is 5.36. The van der Waals surface area contributed by atoms with E-state index in [4.69, 9.17) is 15.4 Å². The number of aryl methyl sites for hydroxylation is 2. The van der Waals surface area contributed by atoms with Gasteiger partial charge in [0.2, 0.25) is 11.8 Å². The predicted octanol–water partition coefficient (Wildman–Crippen LogP) is 1.07. The van der Waals surface area contributed by atoms with Crippen molar-refractivity contribution in [1.29, 1.82) is 0 Å². The molecule has 0 fully saturated rings. The molecule has 1 aromatic rings. The first-order valence-electron chi connectivity index (χ1n) is 6.04. The second-order valence-corrected chi connectivity index (χ2v) is 4.60. The number of carbonyl (C=O) groups is 1. The van der Waals surface area contributed by atoms with Crippen LogP contribution in [0.3, 0.4) is 0 Å². The van der Waals surface area contributed by atoms with E-state index in [0.29, 0.717) is 12.3 Å². The molecule has 0 aromatic carbocycles. The molecular weight excluding hydrogens is 248 g/mol. The molecule has 1 unspecified atom stereocenters. The van der Waals surface area contributed by atoms with Gasteiger partial charge in [0.15, 0.2) is 5.84 Å². The van der Waals surface area contributed by atoms with Crippen molar-refractivity contribution in [2.45, 2.75) is 40.7 Å². The van der Waals surface area contributed by atoms with E-state index in [2.05, 4.69) is 15.5 Å². The highest BCUT2D eigenvalue weighted by molar-refractivity contribution is 6.06. The molecule has 0 saturated heterocycles. The molecule has 0 aliphatic carbocycles. The van der Waals surface area contributed by atoms with E-state index in [-0.39, 0.29) is 18.3 Å². The van der Waals surface area contributed by atoms with Crippen LogP contribution in [0.15, 0.2) is 9.57 Å². The lowest BCUT2D eigenvalue weighted by Crippen LogP contribution is -2.47. The molecule has 1 aromatic heterocycles. The van der Waals surface area contributed by atoms with Gasteiger partial charge < -0.3 is 20.7 Å². The average Bonchev–Trinajstić information content (AvgIpc) is 2.73. The van der Waals surface area contributed by atoms with Crippen LogP contribution in [-0.4, -0.2) is 21.9 Å². The van der Waals surface area contributed by atoms with E-state index in [9.17, 15) is 4.79 Å². The lowest BCUT2D eigenvalue weighted by atomic mass is 9.85. The smallest absolute Gasteiger partial charge is 0.234 e. The number of aromatic nitrogens is 1. The molecule has 7 nitrogen and oxygen atoms in total. The number of rotatable bonds is 5. The van der Waals surface area contributed by atoms with Gasteiger partial charge in [0.25, 0.3) is 0 Å². The first-order chi connectivity index (χ1) is 8.85. The van der Waals surface area contributed by atoms with Gasteiger partial charge in [-0.2, -0.15) is 0 Å². The molecule has 0 saturated carbocycles. The lowest BCUT2D eigenvalue weighted by Gasteiger charge is -2.24. The molecule has 0 aliphatic heterocycles. The number of amides is 1. The zero-order chi connectivity index (χ0) is 14.6. The second kappa shape index (κ2) is 5.73. The summed E-state index contributed by atoms with van der Waals surface area (Å²) in [6, 6.07) is 0. The van der Waals surface area contributed by atoms with Crippen molar-refractivity contribution in [3.8, 4) is 0 Å². The third kappa shape index (κ3) is 3.04. The van der Waals surface area contributed by atoms with Gasteiger partial charge >= 0.3 is 0 Å². The fraction of sp³-hybridized carbons (Fsp3) is 0.583. The molecule has 1 amide bonds. The van der Waals surface area contributed by atoms with Gasteiger partial charge in [-0.3, -0.25) is 4.79 Å². The number of oxazole rings is 1. The highest BCUT2D eigenvalue weighted by Crippen LogP contribution is 2.21. The Hall–Kier alpha value is -2.05. The van der Waals surface area contributed by atoms with E-state index in [0.717, 1.165) is 11.5 Å². The normalized spacial score (nSPS) is 15.1. The summed E-state index contributed by atoms with van der Waals surface area (Å²) in [6.07, 6.45) is 0.415. The number of hydrogen-bond donors (Lipinski definition) is 3. The SMILES string of the molecule is CCC(C)(C(=O)NCc1nc(C)c(C)o1)C(N)=NO. The number of carbonyl (C=O) groups excluding carboxylic acids is 1. The number of nitrogens with two attached hydrogens (primary N) is 1. The first kappa shape index (κ1) is 15.0. The van der Waals surface area contributed by atoms with Crippen molar-refractivity contribution in [3.63, 3.8) is 0 Å². The summed E-state index contributed by atoms with van der Waals surface area (Å²) >= 11 is 0. The third-order valence-electron chi connectivity index (χ3n) is 3.35. The van der Waals surface area contributed by atoms with Crippen LogP contribution in [0, 0.1) is 19.3 Å². The maximum atomic E-state index is 12.1. The van der Waals surface area contributed by atoms with Crippen LogP contribution in [0.1, 0.15) is 37.6 Å². The van der Waals surface area contributed by atoms with Gasteiger partial charge in [-0.25, -0.2) is 4.98 Å². The fourth-order valence-electron chi connectivity index (χ4n) is 1.53. The summed E-state index contributed by atoms with van der Waals surface area (Å²) in [5, 5.41) is 14.3. The lowest BCUT2D eigenvalue weighted by molar-refractivity contribution is -0.127. The summed E-state index contributed by atoms with van der Waals surface area (Å²) in [6.45, 7) is 7.21. The molecule has 0 aliphatic rings. The zero-order valence-corrected chi connectivity index (χ0v) is 11.6. The van der Waals surface area contributed by atoms with Crippen LogP contribution in [0.2, 0.25) is 0 Å². The average molecular weight is 268 g/mol. The number of nitrogens with zero attached hydrogens (tertiary/aromatic N) is 2. The van der Waals surface area contributed by atoms with Crippen molar-refractivity contribution in [3.05, 3.63) is 17.3 Å². The molecule has 19 heavy (non-hydrogen) atoms. The minimum absolute atomic E-state index is 0.118. The summed E-state index contributed by atoms with van der Waals surface area (Å²) in [4.78, 5) is 16.3. The molecule has 1 atom stereocenters. The number of amidine groups is 1. The Bertz CT molecular complexity index is 476. The van der Waals surface area contributed by atoms with Crippen LogP contribution in [0.4, 0.5) is 0 Å². The topological polar surface area (TPSA) is 114 Å². The van der Waals surface area contributed by atoms with Crippen LogP contribution in [-0.2, 0) is 11.3 Å². The van der Waals surface area contributed by atoms with Gasteiger partial charge in [-0.15, -0.1) is 0 Å². The molecule has 7 heteroatoms. The zero-order valence-electron chi connectivity index (χ0n) is 11.6. The Balaban J connectivity index is 2.74. The van der Waals surface area contributed by atoms with E-state index in [1.54, 1.807) is 20.8 Å². The van der Waals surface area contributed by atoms with Gasteiger partial charge in [0, 0.05) is 0 Å².